The lowest BCUT2D eigenvalue weighted by atomic mass is 10.1. The molecule has 2 aliphatic rings. The Kier molecular flexibility index (Phi) is 3.24. The van der Waals surface area contributed by atoms with Crippen LogP contribution in [0.2, 0.25) is 0 Å². The van der Waals surface area contributed by atoms with Gasteiger partial charge in [0.1, 0.15) is 0 Å². The van der Waals surface area contributed by atoms with Crippen LogP contribution >= 0.6 is 15.9 Å². The Hall–Kier alpha value is -1.46. The molecule has 0 unspecified atom stereocenters. The predicted octanol–water partition coefficient (Wildman–Crippen LogP) is 2.20. The van der Waals surface area contributed by atoms with Crippen LogP contribution in [0.4, 0.5) is 5.69 Å². The zero-order valence-electron chi connectivity index (χ0n) is 10.3. The zero-order valence-corrected chi connectivity index (χ0v) is 11.9. The third-order valence-corrected chi connectivity index (χ3v) is 3.91. The Morgan fingerprint density at radius 3 is 2.79 bits per heavy atom. The fraction of sp³-hybridized carbons (Fsp3) is 0.286. The van der Waals surface area contributed by atoms with Crippen molar-refractivity contribution in [2.24, 2.45) is 0 Å². The van der Waals surface area contributed by atoms with Gasteiger partial charge in [0, 0.05) is 17.6 Å². The van der Waals surface area contributed by atoms with Gasteiger partial charge in [-0.2, -0.15) is 0 Å². The van der Waals surface area contributed by atoms with Crippen LogP contribution in [-0.4, -0.2) is 36.3 Å². The number of amides is 1. The number of ketones is 1. The third-order valence-electron chi connectivity index (χ3n) is 3.42. The molecule has 19 heavy (non-hydrogen) atoms. The second kappa shape index (κ2) is 4.90. The minimum absolute atomic E-state index is 0.413. The van der Waals surface area contributed by atoms with Crippen molar-refractivity contribution < 1.29 is 9.59 Å². The molecule has 1 aromatic rings. The molecule has 0 bridgehead atoms. The van der Waals surface area contributed by atoms with E-state index in [1.165, 1.54) is 0 Å². The first-order chi connectivity index (χ1) is 9.16. The van der Waals surface area contributed by atoms with Gasteiger partial charge in [0.15, 0.2) is 0 Å². The number of rotatable bonds is 2. The zero-order chi connectivity index (χ0) is 13.4. The van der Waals surface area contributed by atoms with Gasteiger partial charge in [-0.25, -0.2) is 0 Å². The van der Waals surface area contributed by atoms with Crippen LogP contribution in [0.25, 0.3) is 0 Å². The standard InChI is InChI=1S/C14H13BrN2O2/c15-10-4-5-12-11(8-10)13(18)14(19)17(12)9-16-6-2-1-3-7-16/h1-2,4-5,8H,3,6-7,9H2. The van der Waals surface area contributed by atoms with Crippen molar-refractivity contribution in [2.45, 2.75) is 6.42 Å². The summed E-state index contributed by atoms with van der Waals surface area (Å²) >= 11 is 3.33. The highest BCUT2D eigenvalue weighted by atomic mass is 79.9. The average molecular weight is 321 g/mol. The van der Waals surface area contributed by atoms with Gasteiger partial charge >= 0.3 is 5.91 Å². The lowest BCUT2D eigenvalue weighted by molar-refractivity contribution is -0.114. The van der Waals surface area contributed by atoms with Crippen molar-refractivity contribution in [1.29, 1.82) is 0 Å². The number of carbonyl (C=O) groups excluding carboxylic acids is 2. The molecule has 0 atom stereocenters. The molecule has 0 radical (unpaired) electrons. The third kappa shape index (κ3) is 2.24. The summed E-state index contributed by atoms with van der Waals surface area (Å²) in [5.41, 5.74) is 1.21. The molecule has 1 amide bonds. The van der Waals surface area contributed by atoms with Gasteiger partial charge < -0.3 is 0 Å². The van der Waals surface area contributed by atoms with E-state index in [0.29, 0.717) is 17.9 Å². The Morgan fingerprint density at radius 1 is 1.21 bits per heavy atom. The number of fused-ring (bicyclic) bond motifs is 1. The van der Waals surface area contributed by atoms with Gasteiger partial charge in [-0.15, -0.1) is 0 Å². The molecule has 0 saturated heterocycles. The average Bonchev–Trinajstić information content (AvgIpc) is 2.65. The molecule has 1 aromatic carbocycles. The van der Waals surface area contributed by atoms with Gasteiger partial charge in [-0.3, -0.25) is 19.4 Å². The molecular formula is C14H13BrN2O2. The molecule has 0 spiro atoms. The number of halogens is 1. The Morgan fingerprint density at radius 2 is 2.05 bits per heavy atom. The van der Waals surface area contributed by atoms with Crippen molar-refractivity contribution in [3.05, 3.63) is 40.4 Å². The normalized spacial score (nSPS) is 19.1. The predicted molar refractivity (Wildman–Crippen MR) is 76.2 cm³/mol. The van der Waals surface area contributed by atoms with Gasteiger partial charge in [0.25, 0.3) is 5.78 Å². The number of benzene rings is 1. The van der Waals surface area contributed by atoms with Gasteiger partial charge in [-0.1, -0.05) is 28.1 Å². The van der Waals surface area contributed by atoms with E-state index in [4.69, 9.17) is 0 Å². The van der Waals surface area contributed by atoms with E-state index < -0.39 is 11.7 Å². The topological polar surface area (TPSA) is 40.6 Å². The molecule has 4 nitrogen and oxygen atoms in total. The van der Waals surface area contributed by atoms with Crippen LogP contribution < -0.4 is 4.90 Å². The maximum atomic E-state index is 12.1. The summed E-state index contributed by atoms with van der Waals surface area (Å²) in [7, 11) is 0. The van der Waals surface area contributed by atoms with Crippen LogP contribution in [0.1, 0.15) is 16.8 Å². The Balaban J connectivity index is 1.88. The minimum atomic E-state index is -0.428. The molecule has 0 fully saturated rings. The molecule has 0 saturated carbocycles. The summed E-state index contributed by atoms with van der Waals surface area (Å²) in [4.78, 5) is 27.7. The van der Waals surface area contributed by atoms with Gasteiger partial charge in [0.2, 0.25) is 0 Å². The number of anilines is 1. The smallest absolute Gasteiger partial charge is 0.291 e. The highest BCUT2D eigenvalue weighted by Gasteiger charge is 2.36. The maximum absolute atomic E-state index is 12.1. The lowest BCUT2D eigenvalue weighted by Gasteiger charge is -2.28. The Bertz CT molecular complexity index is 583. The van der Waals surface area contributed by atoms with E-state index in [1.54, 1.807) is 11.0 Å². The summed E-state index contributed by atoms with van der Waals surface area (Å²) in [6, 6.07) is 5.39. The van der Waals surface area contributed by atoms with Crippen molar-refractivity contribution in [2.75, 3.05) is 24.7 Å². The number of hydrogen-bond donors (Lipinski definition) is 0. The van der Waals surface area contributed by atoms with E-state index in [-0.39, 0.29) is 0 Å². The monoisotopic (exact) mass is 320 g/mol. The first kappa shape index (κ1) is 12.6. The fourth-order valence-corrected chi connectivity index (χ4v) is 2.79. The van der Waals surface area contributed by atoms with Crippen molar-refractivity contribution in [1.82, 2.24) is 4.90 Å². The molecule has 0 N–H and O–H groups in total. The Labute approximate surface area is 119 Å². The van der Waals surface area contributed by atoms with Gasteiger partial charge in [0.05, 0.1) is 17.9 Å². The highest BCUT2D eigenvalue weighted by Crippen LogP contribution is 2.31. The molecular weight excluding hydrogens is 308 g/mol. The van der Waals surface area contributed by atoms with E-state index >= 15 is 0 Å². The van der Waals surface area contributed by atoms with Crippen LogP contribution in [-0.2, 0) is 4.79 Å². The van der Waals surface area contributed by atoms with Crippen molar-refractivity contribution in [3.8, 4) is 0 Å². The molecule has 0 aliphatic carbocycles. The second-order valence-electron chi connectivity index (χ2n) is 4.70. The molecule has 5 heteroatoms. The SMILES string of the molecule is O=C1C(=O)N(CN2CC=CCC2)c2ccc(Br)cc21. The number of carbonyl (C=O) groups is 2. The second-order valence-corrected chi connectivity index (χ2v) is 5.62. The van der Waals surface area contributed by atoms with Crippen molar-refractivity contribution >= 4 is 33.3 Å². The van der Waals surface area contributed by atoms with Crippen LogP contribution in [0.3, 0.4) is 0 Å². The first-order valence-electron chi connectivity index (χ1n) is 6.20. The first-order valence-corrected chi connectivity index (χ1v) is 6.99. The minimum Gasteiger partial charge on any atom is -0.291 e. The van der Waals surface area contributed by atoms with Crippen LogP contribution in [0.5, 0.6) is 0 Å². The summed E-state index contributed by atoms with van der Waals surface area (Å²) in [6.07, 6.45) is 5.22. The highest BCUT2D eigenvalue weighted by molar-refractivity contribution is 9.10. The van der Waals surface area contributed by atoms with Crippen LogP contribution in [0, 0.1) is 0 Å². The number of nitrogens with zero attached hydrogens (tertiary/aromatic N) is 2. The summed E-state index contributed by atoms with van der Waals surface area (Å²) in [5, 5.41) is 0. The quantitative estimate of drug-likeness (QED) is 0.619. The molecule has 2 heterocycles. The number of hydrogen-bond acceptors (Lipinski definition) is 3. The summed E-state index contributed by atoms with van der Waals surface area (Å²) < 4.78 is 0.815. The summed E-state index contributed by atoms with van der Waals surface area (Å²) in [5.74, 6) is -0.841. The van der Waals surface area contributed by atoms with Gasteiger partial charge in [-0.05, 0) is 24.6 Å². The van der Waals surface area contributed by atoms with E-state index in [9.17, 15) is 9.59 Å². The van der Waals surface area contributed by atoms with Crippen molar-refractivity contribution in [3.63, 3.8) is 0 Å². The number of Topliss-reactive ketones (excluding diaryl/α,β-unsaturated/α-hetero) is 1. The molecule has 2 aliphatic heterocycles. The fourth-order valence-electron chi connectivity index (χ4n) is 2.43. The summed E-state index contributed by atoms with van der Waals surface area (Å²) in [6.45, 7) is 2.22. The largest absolute Gasteiger partial charge is 0.300 e. The molecule has 98 valence electrons. The van der Waals surface area contributed by atoms with E-state index in [2.05, 4.69) is 33.0 Å². The maximum Gasteiger partial charge on any atom is 0.300 e. The van der Waals surface area contributed by atoms with E-state index in [1.807, 2.05) is 12.1 Å². The lowest BCUT2D eigenvalue weighted by Crippen LogP contribution is -2.42. The molecule has 0 aromatic heterocycles. The van der Waals surface area contributed by atoms with E-state index in [0.717, 1.165) is 24.0 Å². The van der Waals surface area contributed by atoms with Crippen LogP contribution in [0.15, 0.2) is 34.8 Å². The molecule has 3 rings (SSSR count).